The van der Waals surface area contributed by atoms with Crippen LogP contribution in [0.25, 0.3) is 0 Å². The molecule has 3 nitrogen and oxygen atoms in total. The molecule has 6 heavy (non-hydrogen) atoms. The Morgan fingerprint density at radius 2 is 2.33 bits per heavy atom. The summed E-state index contributed by atoms with van der Waals surface area (Å²) in [7, 11) is 0. The molecule has 0 saturated carbocycles. The van der Waals surface area contributed by atoms with E-state index >= 15 is 0 Å². The zero-order chi connectivity index (χ0) is 4.99. The third-order valence-corrected chi connectivity index (χ3v) is 0.271. The number of hydrogen-bond donors (Lipinski definition) is 0. The van der Waals surface area contributed by atoms with E-state index in [0.29, 0.717) is 0 Å². The van der Waals surface area contributed by atoms with Crippen LogP contribution in [-0.4, -0.2) is 4.92 Å². The van der Waals surface area contributed by atoms with E-state index < -0.39 is 4.92 Å². The smallest absolute Gasteiger partial charge is 0.230 e. The maximum absolute atomic E-state index is 9.32. The molecule has 0 aromatic carbocycles. The Labute approximate surface area is 35.4 Å². The Kier molecular flexibility index (Phi) is 2.04. The van der Waals surface area contributed by atoms with E-state index in [-0.39, 0.29) is 0 Å². The number of nitro groups is 1. The first kappa shape index (κ1) is 5.14. The molecule has 34 valence electrons. The molecular weight excluding hydrogens is 82.0 g/mol. The van der Waals surface area contributed by atoms with Gasteiger partial charge in [-0.25, -0.2) is 0 Å². The SMILES string of the molecule is C/C=C/[N+](=O)[O-]. The van der Waals surface area contributed by atoms with Crippen LogP contribution in [0.3, 0.4) is 0 Å². The standard InChI is InChI=1S/C3H5NO2/c1-2-3-4(5)6/h2-3H,1H3/b3-2+. The zero-order valence-electron chi connectivity index (χ0n) is 3.42. The third kappa shape index (κ3) is 3.14. The molecule has 0 radical (unpaired) electrons. The van der Waals surface area contributed by atoms with Crippen LogP contribution >= 0.6 is 0 Å². The molecule has 0 aliphatic carbocycles. The second-order valence-electron chi connectivity index (χ2n) is 0.768. The molecule has 0 saturated heterocycles. The largest absolute Gasteiger partial charge is 0.259 e. The highest BCUT2D eigenvalue weighted by Gasteiger charge is 1.73. The van der Waals surface area contributed by atoms with Gasteiger partial charge in [0.2, 0.25) is 6.20 Å². The minimum Gasteiger partial charge on any atom is -0.259 e. The Morgan fingerprint density at radius 1 is 1.83 bits per heavy atom. The highest BCUT2D eigenvalue weighted by atomic mass is 16.6. The van der Waals surface area contributed by atoms with E-state index in [2.05, 4.69) is 0 Å². The topological polar surface area (TPSA) is 43.1 Å². The first-order valence-electron chi connectivity index (χ1n) is 1.53. The van der Waals surface area contributed by atoms with E-state index in [9.17, 15) is 10.1 Å². The first-order chi connectivity index (χ1) is 2.77. The van der Waals surface area contributed by atoms with Gasteiger partial charge in [-0.15, -0.1) is 0 Å². The summed E-state index contributed by atoms with van der Waals surface area (Å²) < 4.78 is 0. The molecular formula is C3H5NO2. The normalized spacial score (nSPS) is 9.50. The number of rotatable bonds is 1. The van der Waals surface area contributed by atoms with Crippen LogP contribution < -0.4 is 0 Å². The molecule has 0 aliphatic heterocycles. The monoisotopic (exact) mass is 87.0 g/mol. The summed E-state index contributed by atoms with van der Waals surface area (Å²) in [5, 5.41) is 9.32. The fourth-order valence-electron chi connectivity index (χ4n) is 0.122. The molecule has 0 amide bonds. The molecule has 0 spiro atoms. The lowest BCUT2D eigenvalue weighted by atomic mass is 10.7. The van der Waals surface area contributed by atoms with Crippen molar-refractivity contribution in [1.82, 2.24) is 0 Å². The van der Waals surface area contributed by atoms with E-state index in [1.165, 1.54) is 6.08 Å². The van der Waals surface area contributed by atoms with Crippen LogP contribution in [0.2, 0.25) is 0 Å². The molecule has 0 aliphatic rings. The second-order valence-corrected chi connectivity index (χ2v) is 0.768. The Balaban J connectivity index is 3.30. The molecule has 0 heterocycles. The van der Waals surface area contributed by atoms with Crippen molar-refractivity contribution in [2.45, 2.75) is 6.92 Å². The molecule has 0 aromatic heterocycles. The zero-order valence-corrected chi connectivity index (χ0v) is 3.42. The summed E-state index contributed by atoms with van der Waals surface area (Å²) in [4.78, 5) is 8.82. The van der Waals surface area contributed by atoms with Crippen LogP contribution in [0.4, 0.5) is 0 Å². The summed E-state index contributed by atoms with van der Waals surface area (Å²) in [5.41, 5.74) is 0. The van der Waals surface area contributed by atoms with Gasteiger partial charge in [-0.2, -0.15) is 0 Å². The van der Waals surface area contributed by atoms with Gasteiger partial charge < -0.3 is 0 Å². The third-order valence-electron chi connectivity index (χ3n) is 0.271. The number of nitrogens with zero attached hydrogens (tertiary/aromatic N) is 1. The average molecular weight is 87.1 g/mol. The quantitative estimate of drug-likeness (QED) is 0.350. The van der Waals surface area contributed by atoms with Gasteiger partial charge in [0.1, 0.15) is 0 Å². The van der Waals surface area contributed by atoms with E-state index in [0.717, 1.165) is 6.20 Å². The van der Waals surface area contributed by atoms with Crippen LogP contribution in [-0.2, 0) is 0 Å². The minimum absolute atomic E-state index is 0.500. The van der Waals surface area contributed by atoms with Crippen molar-refractivity contribution >= 4 is 0 Å². The van der Waals surface area contributed by atoms with E-state index in [4.69, 9.17) is 0 Å². The first-order valence-corrected chi connectivity index (χ1v) is 1.53. The molecule has 0 atom stereocenters. The lowest BCUT2D eigenvalue weighted by molar-refractivity contribution is -0.402. The van der Waals surface area contributed by atoms with Crippen molar-refractivity contribution in [3.8, 4) is 0 Å². The van der Waals surface area contributed by atoms with Gasteiger partial charge in [-0.05, 0) is 13.0 Å². The van der Waals surface area contributed by atoms with Gasteiger partial charge in [-0.3, -0.25) is 10.1 Å². The van der Waals surface area contributed by atoms with Gasteiger partial charge in [-0.1, -0.05) is 0 Å². The summed E-state index contributed by atoms with van der Waals surface area (Å²) in [5.74, 6) is 0. The Hall–Kier alpha value is -0.860. The van der Waals surface area contributed by atoms with Crippen LogP contribution in [0, 0.1) is 10.1 Å². The molecule has 0 aromatic rings. The highest BCUT2D eigenvalue weighted by Crippen LogP contribution is 1.67. The fourth-order valence-corrected chi connectivity index (χ4v) is 0.122. The second kappa shape index (κ2) is 2.38. The van der Waals surface area contributed by atoms with Gasteiger partial charge in [0, 0.05) is 0 Å². The lowest BCUT2D eigenvalue weighted by Crippen LogP contribution is -1.79. The lowest BCUT2D eigenvalue weighted by Gasteiger charge is -1.69. The summed E-state index contributed by atoms with van der Waals surface area (Å²) >= 11 is 0. The fraction of sp³-hybridized carbons (Fsp3) is 0.333. The van der Waals surface area contributed by atoms with Crippen molar-refractivity contribution in [3.05, 3.63) is 22.4 Å². The summed E-state index contributed by atoms with van der Waals surface area (Å²) in [6.45, 7) is 1.60. The Bertz CT molecular complexity index is 76.9. The van der Waals surface area contributed by atoms with Gasteiger partial charge >= 0.3 is 0 Å². The van der Waals surface area contributed by atoms with Crippen LogP contribution in [0.15, 0.2) is 12.3 Å². The average Bonchev–Trinajstić information content (AvgIpc) is 1.35. The van der Waals surface area contributed by atoms with Gasteiger partial charge in [0.25, 0.3) is 0 Å². The summed E-state index contributed by atoms with van der Waals surface area (Å²) in [6.07, 6.45) is 2.26. The maximum atomic E-state index is 9.32. The van der Waals surface area contributed by atoms with E-state index in [1.807, 2.05) is 0 Å². The van der Waals surface area contributed by atoms with Crippen molar-refractivity contribution in [3.63, 3.8) is 0 Å². The summed E-state index contributed by atoms with van der Waals surface area (Å²) in [6, 6.07) is 0. The minimum atomic E-state index is -0.500. The molecule has 0 bridgehead atoms. The number of hydrogen-bond acceptors (Lipinski definition) is 2. The predicted octanol–water partition coefficient (Wildman–Crippen LogP) is 0.797. The van der Waals surface area contributed by atoms with Gasteiger partial charge in [0.05, 0.1) is 4.92 Å². The predicted molar refractivity (Wildman–Crippen MR) is 21.8 cm³/mol. The molecule has 0 N–H and O–H groups in total. The Morgan fingerprint density at radius 3 is 2.33 bits per heavy atom. The van der Waals surface area contributed by atoms with Crippen molar-refractivity contribution in [1.29, 1.82) is 0 Å². The van der Waals surface area contributed by atoms with E-state index in [1.54, 1.807) is 6.92 Å². The maximum Gasteiger partial charge on any atom is 0.230 e. The molecule has 3 heteroatoms. The molecule has 0 rings (SSSR count). The van der Waals surface area contributed by atoms with Crippen LogP contribution in [0.1, 0.15) is 6.92 Å². The molecule has 0 unspecified atom stereocenters. The van der Waals surface area contributed by atoms with Crippen molar-refractivity contribution in [2.75, 3.05) is 0 Å². The van der Waals surface area contributed by atoms with Crippen molar-refractivity contribution in [2.24, 2.45) is 0 Å². The highest BCUT2D eigenvalue weighted by molar-refractivity contribution is 4.62. The van der Waals surface area contributed by atoms with Crippen LogP contribution in [0.5, 0.6) is 0 Å². The number of allylic oxidation sites excluding steroid dienone is 1. The van der Waals surface area contributed by atoms with Gasteiger partial charge in [0.15, 0.2) is 0 Å². The molecule has 0 fully saturated rings. The van der Waals surface area contributed by atoms with Crippen molar-refractivity contribution < 1.29 is 4.92 Å².